The van der Waals surface area contributed by atoms with E-state index >= 15 is 0 Å². The van der Waals surface area contributed by atoms with Gasteiger partial charge in [0.05, 0.1) is 7.11 Å². The van der Waals surface area contributed by atoms with Gasteiger partial charge < -0.3 is 15.8 Å². The smallest absolute Gasteiger partial charge is 0.224 e. The van der Waals surface area contributed by atoms with Crippen LogP contribution in [0, 0.1) is 0 Å². The topological polar surface area (TPSA) is 64.3 Å². The molecular weight excluding hydrogens is 240 g/mol. The Hall–Kier alpha value is -1.55. The van der Waals surface area contributed by atoms with Crippen molar-refractivity contribution in [1.82, 2.24) is 0 Å². The number of rotatable bonds is 6. The van der Waals surface area contributed by atoms with Gasteiger partial charge in [-0.25, -0.2) is 0 Å². The Morgan fingerprint density at radius 1 is 1.37 bits per heavy atom. The Labute approximate surface area is 115 Å². The zero-order valence-corrected chi connectivity index (χ0v) is 12.2. The first-order valence-electron chi connectivity index (χ1n) is 6.67. The molecule has 0 bridgehead atoms. The first-order chi connectivity index (χ1) is 8.93. The van der Waals surface area contributed by atoms with E-state index in [-0.39, 0.29) is 11.9 Å². The number of amides is 1. The van der Waals surface area contributed by atoms with E-state index in [1.165, 1.54) is 0 Å². The molecule has 1 amide bonds. The first kappa shape index (κ1) is 15.5. The molecular formula is C15H24N2O2. The van der Waals surface area contributed by atoms with Gasteiger partial charge in [-0.1, -0.05) is 13.8 Å². The van der Waals surface area contributed by atoms with Crippen LogP contribution in [0.4, 0.5) is 5.69 Å². The number of carbonyl (C=O) groups is 1. The minimum absolute atomic E-state index is 0.00262. The van der Waals surface area contributed by atoms with Crippen molar-refractivity contribution in [3.8, 4) is 5.75 Å². The standard InChI is InChI=1S/C15H24N2O2/c1-10(2)13-9-12(6-7-14(13)19-4)17-15(18)8-5-11(3)16/h6-7,9-11H,5,8,16H2,1-4H3,(H,17,18). The lowest BCUT2D eigenvalue weighted by Crippen LogP contribution is -2.19. The summed E-state index contributed by atoms with van der Waals surface area (Å²) in [6, 6.07) is 5.76. The van der Waals surface area contributed by atoms with E-state index in [9.17, 15) is 4.79 Å². The van der Waals surface area contributed by atoms with Crippen molar-refractivity contribution < 1.29 is 9.53 Å². The maximum absolute atomic E-state index is 11.8. The molecule has 0 aliphatic carbocycles. The molecule has 1 rings (SSSR count). The molecule has 106 valence electrons. The number of nitrogens with one attached hydrogen (secondary N) is 1. The number of benzene rings is 1. The van der Waals surface area contributed by atoms with Gasteiger partial charge in [0, 0.05) is 18.2 Å². The fraction of sp³-hybridized carbons (Fsp3) is 0.533. The van der Waals surface area contributed by atoms with Crippen molar-refractivity contribution >= 4 is 11.6 Å². The lowest BCUT2D eigenvalue weighted by Gasteiger charge is -2.14. The van der Waals surface area contributed by atoms with Crippen LogP contribution in [0.1, 0.15) is 45.1 Å². The fourth-order valence-corrected chi connectivity index (χ4v) is 1.85. The number of carbonyl (C=O) groups excluding carboxylic acids is 1. The molecule has 0 saturated heterocycles. The Morgan fingerprint density at radius 3 is 2.58 bits per heavy atom. The van der Waals surface area contributed by atoms with E-state index in [0.717, 1.165) is 17.0 Å². The molecule has 0 aliphatic heterocycles. The van der Waals surface area contributed by atoms with Crippen molar-refractivity contribution in [1.29, 1.82) is 0 Å². The van der Waals surface area contributed by atoms with Gasteiger partial charge in [0.25, 0.3) is 0 Å². The lowest BCUT2D eigenvalue weighted by molar-refractivity contribution is -0.116. The number of hydrogen-bond acceptors (Lipinski definition) is 3. The van der Waals surface area contributed by atoms with Crippen LogP contribution in [0.3, 0.4) is 0 Å². The zero-order valence-electron chi connectivity index (χ0n) is 12.2. The van der Waals surface area contributed by atoms with Crippen molar-refractivity contribution in [3.63, 3.8) is 0 Å². The van der Waals surface area contributed by atoms with E-state index in [1.807, 2.05) is 25.1 Å². The average Bonchev–Trinajstić information content (AvgIpc) is 2.36. The molecule has 0 aliphatic rings. The molecule has 1 aromatic rings. The Balaban J connectivity index is 2.74. The van der Waals surface area contributed by atoms with Crippen molar-refractivity contribution in [2.45, 2.75) is 45.6 Å². The molecule has 1 unspecified atom stereocenters. The number of ether oxygens (including phenoxy) is 1. The number of hydrogen-bond donors (Lipinski definition) is 2. The van der Waals surface area contributed by atoms with Crippen LogP contribution in [-0.2, 0) is 4.79 Å². The molecule has 0 fully saturated rings. The van der Waals surface area contributed by atoms with Crippen molar-refractivity contribution in [2.24, 2.45) is 5.73 Å². The van der Waals surface area contributed by atoms with E-state index in [1.54, 1.807) is 7.11 Å². The van der Waals surface area contributed by atoms with Gasteiger partial charge in [-0.05, 0) is 43.0 Å². The van der Waals surface area contributed by atoms with Crippen LogP contribution in [0.25, 0.3) is 0 Å². The van der Waals surface area contributed by atoms with Crippen LogP contribution >= 0.6 is 0 Å². The first-order valence-corrected chi connectivity index (χ1v) is 6.67. The summed E-state index contributed by atoms with van der Waals surface area (Å²) >= 11 is 0. The summed E-state index contributed by atoms with van der Waals surface area (Å²) in [5, 5.41) is 2.89. The maximum Gasteiger partial charge on any atom is 0.224 e. The number of methoxy groups -OCH3 is 1. The van der Waals surface area contributed by atoms with Gasteiger partial charge in [0.15, 0.2) is 0 Å². The third kappa shape index (κ3) is 4.91. The highest BCUT2D eigenvalue weighted by Gasteiger charge is 2.10. The predicted molar refractivity (Wildman–Crippen MR) is 78.6 cm³/mol. The highest BCUT2D eigenvalue weighted by molar-refractivity contribution is 5.90. The summed E-state index contributed by atoms with van der Waals surface area (Å²) in [6.07, 6.45) is 1.14. The summed E-state index contributed by atoms with van der Waals surface area (Å²) in [5.74, 6) is 1.19. The second kappa shape index (κ2) is 7.14. The minimum atomic E-state index is -0.00262. The van der Waals surface area contributed by atoms with Crippen LogP contribution in [-0.4, -0.2) is 19.1 Å². The second-order valence-corrected chi connectivity index (χ2v) is 5.18. The van der Waals surface area contributed by atoms with Crippen LogP contribution < -0.4 is 15.8 Å². The fourth-order valence-electron chi connectivity index (χ4n) is 1.85. The second-order valence-electron chi connectivity index (χ2n) is 5.18. The summed E-state index contributed by atoms with van der Waals surface area (Å²) in [6.45, 7) is 6.09. The molecule has 1 aromatic carbocycles. The van der Waals surface area contributed by atoms with Crippen LogP contribution in [0.2, 0.25) is 0 Å². The van der Waals surface area contributed by atoms with Crippen LogP contribution in [0.5, 0.6) is 5.75 Å². The molecule has 3 N–H and O–H groups in total. The molecule has 4 heteroatoms. The molecule has 0 radical (unpaired) electrons. The monoisotopic (exact) mass is 264 g/mol. The predicted octanol–water partition coefficient (Wildman–Crippen LogP) is 2.88. The van der Waals surface area contributed by atoms with Gasteiger partial charge in [-0.3, -0.25) is 4.79 Å². The Morgan fingerprint density at radius 2 is 2.05 bits per heavy atom. The molecule has 0 spiro atoms. The van der Waals surface area contributed by atoms with E-state index in [2.05, 4.69) is 19.2 Å². The summed E-state index contributed by atoms with van der Waals surface area (Å²) in [5.41, 5.74) is 7.53. The number of nitrogens with two attached hydrogens (primary N) is 1. The molecule has 4 nitrogen and oxygen atoms in total. The normalized spacial score (nSPS) is 12.3. The van der Waals surface area contributed by atoms with Gasteiger partial charge >= 0.3 is 0 Å². The zero-order chi connectivity index (χ0) is 14.4. The summed E-state index contributed by atoms with van der Waals surface area (Å²) in [7, 11) is 1.65. The summed E-state index contributed by atoms with van der Waals surface area (Å²) < 4.78 is 5.32. The quantitative estimate of drug-likeness (QED) is 0.830. The Bertz CT molecular complexity index is 428. The van der Waals surface area contributed by atoms with Gasteiger partial charge in [0.2, 0.25) is 5.91 Å². The highest BCUT2D eigenvalue weighted by Crippen LogP contribution is 2.29. The highest BCUT2D eigenvalue weighted by atomic mass is 16.5. The summed E-state index contributed by atoms with van der Waals surface area (Å²) in [4.78, 5) is 11.8. The molecule has 1 atom stereocenters. The van der Waals surface area contributed by atoms with Crippen LogP contribution in [0.15, 0.2) is 18.2 Å². The SMILES string of the molecule is COc1ccc(NC(=O)CCC(C)N)cc1C(C)C. The van der Waals surface area contributed by atoms with Crippen molar-refractivity contribution in [2.75, 3.05) is 12.4 Å². The maximum atomic E-state index is 11.8. The van der Waals surface area contributed by atoms with E-state index in [0.29, 0.717) is 18.8 Å². The molecule has 0 heterocycles. The van der Waals surface area contributed by atoms with Gasteiger partial charge in [-0.15, -0.1) is 0 Å². The Kier molecular flexibility index (Phi) is 5.83. The van der Waals surface area contributed by atoms with Gasteiger partial charge in [-0.2, -0.15) is 0 Å². The largest absolute Gasteiger partial charge is 0.496 e. The van der Waals surface area contributed by atoms with Gasteiger partial charge in [0.1, 0.15) is 5.75 Å². The van der Waals surface area contributed by atoms with Crippen molar-refractivity contribution in [3.05, 3.63) is 23.8 Å². The molecule has 0 aromatic heterocycles. The average molecular weight is 264 g/mol. The van der Waals surface area contributed by atoms with E-state index < -0.39 is 0 Å². The molecule has 19 heavy (non-hydrogen) atoms. The number of anilines is 1. The minimum Gasteiger partial charge on any atom is -0.496 e. The van der Waals surface area contributed by atoms with E-state index in [4.69, 9.17) is 10.5 Å². The third-order valence-corrected chi connectivity index (χ3v) is 2.96. The molecule has 0 saturated carbocycles. The lowest BCUT2D eigenvalue weighted by atomic mass is 10.0. The third-order valence-electron chi connectivity index (χ3n) is 2.96.